The van der Waals surface area contributed by atoms with Gasteiger partial charge in [0.25, 0.3) is 0 Å². The topological polar surface area (TPSA) is 47.1 Å². The summed E-state index contributed by atoms with van der Waals surface area (Å²) in [6.45, 7) is 0.673. The number of nitrogens with one attached hydrogen (secondary N) is 1. The van der Waals surface area contributed by atoms with Gasteiger partial charge in [0.2, 0.25) is 0 Å². The van der Waals surface area contributed by atoms with Crippen LogP contribution < -0.4 is 0 Å². The first-order valence-corrected chi connectivity index (χ1v) is 7.22. The third-order valence-electron chi connectivity index (χ3n) is 4.43. The Kier molecular flexibility index (Phi) is 2.49. The number of hydrogen-bond acceptors (Lipinski definition) is 3. The number of aromatic nitrogens is 2. The molecule has 18 heavy (non-hydrogen) atoms. The Morgan fingerprint density at radius 3 is 2.83 bits per heavy atom. The summed E-state index contributed by atoms with van der Waals surface area (Å²) in [5, 5.41) is 7.53. The number of nitrogens with zero attached hydrogens (tertiary/aromatic N) is 1. The molecule has 3 aliphatic rings. The molecule has 3 fully saturated rings. The summed E-state index contributed by atoms with van der Waals surface area (Å²) in [6.07, 6.45) is 8.50. The van der Waals surface area contributed by atoms with Gasteiger partial charge in [-0.2, -0.15) is 5.10 Å². The van der Waals surface area contributed by atoms with Crippen LogP contribution in [-0.2, 0) is 9.47 Å². The quantitative estimate of drug-likeness (QED) is 0.875. The maximum atomic E-state index is 6.20. The smallest absolute Gasteiger partial charge is 0.169 e. The molecule has 0 bridgehead atoms. The Bertz CT molecular complexity index is 433. The van der Waals surface area contributed by atoms with E-state index in [4.69, 9.17) is 9.47 Å². The molecule has 1 atom stereocenters. The lowest BCUT2D eigenvalue weighted by molar-refractivity contribution is -0.188. The monoisotopic (exact) mass is 248 g/mol. The van der Waals surface area contributed by atoms with Crippen LogP contribution in [0.1, 0.15) is 68.4 Å². The van der Waals surface area contributed by atoms with Gasteiger partial charge in [0.1, 0.15) is 6.10 Å². The molecule has 1 aromatic heterocycles. The normalized spacial score (nSPS) is 31.0. The molecule has 1 spiro atoms. The van der Waals surface area contributed by atoms with Crippen LogP contribution in [0.3, 0.4) is 0 Å². The molecule has 4 rings (SSSR count). The van der Waals surface area contributed by atoms with Crippen molar-refractivity contribution in [3.05, 3.63) is 17.5 Å². The van der Waals surface area contributed by atoms with Gasteiger partial charge in [-0.25, -0.2) is 0 Å². The average Bonchev–Trinajstić information content (AvgIpc) is 2.99. The summed E-state index contributed by atoms with van der Waals surface area (Å²) < 4.78 is 12.2. The molecule has 1 saturated heterocycles. The van der Waals surface area contributed by atoms with Crippen molar-refractivity contribution in [2.24, 2.45) is 0 Å². The second-order valence-electron chi connectivity index (χ2n) is 5.91. The van der Waals surface area contributed by atoms with Crippen LogP contribution in [0, 0.1) is 0 Å². The van der Waals surface area contributed by atoms with Gasteiger partial charge in [0, 0.05) is 18.8 Å². The van der Waals surface area contributed by atoms with Crippen molar-refractivity contribution < 1.29 is 9.47 Å². The minimum Gasteiger partial charge on any atom is -0.347 e. The molecule has 1 unspecified atom stereocenters. The molecule has 1 aromatic rings. The van der Waals surface area contributed by atoms with E-state index in [9.17, 15) is 0 Å². The van der Waals surface area contributed by atoms with E-state index in [1.54, 1.807) is 0 Å². The van der Waals surface area contributed by atoms with Crippen molar-refractivity contribution in [2.45, 2.75) is 62.8 Å². The van der Waals surface area contributed by atoms with Crippen LogP contribution >= 0.6 is 0 Å². The van der Waals surface area contributed by atoms with Crippen molar-refractivity contribution in [3.63, 3.8) is 0 Å². The van der Waals surface area contributed by atoms with Gasteiger partial charge >= 0.3 is 0 Å². The van der Waals surface area contributed by atoms with Crippen LogP contribution in [0.15, 0.2) is 6.07 Å². The molecule has 2 aliphatic carbocycles. The lowest BCUT2D eigenvalue weighted by Gasteiger charge is -2.31. The maximum absolute atomic E-state index is 6.20. The molecular formula is C14H20N2O2. The van der Waals surface area contributed by atoms with Crippen molar-refractivity contribution in [2.75, 3.05) is 6.61 Å². The first kappa shape index (κ1) is 11.0. The molecular weight excluding hydrogens is 228 g/mol. The fraction of sp³-hybridized carbons (Fsp3) is 0.786. The zero-order valence-electron chi connectivity index (χ0n) is 10.7. The first-order chi connectivity index (χ1) is 8.85. The number of hydrogen-bond donors (Lipinski definition) is 1. The SMILES string of the molecule is c1c(C2CC2)n[nH]c1C1COC2(CCCCC2)O1. The minimum atomic E-state index is -0.284. The highest BCUT2D eigenvalue weighted by Gasteiger charge is 2.43. The minimum absolute atomic E-state index is 0.0584. The van der Waals surface area contributed by atoms with Crippen molar-refractivity contribution in [3.8, 4) is 0 Å². The largest absolute Gasteiger partial charge is 0.347 e. The molecule has 4 nitrogen and oxygen atoms in total. The van der Waals surface area contributed by atoms with E-state index in [-0.39, 0.29) is 11.9 Å². The van der Waals surface area contributed by atoms with Gasteiger partial charge in [-0.15, -0.1) is 0 Å². The van der Waals surface area contributed by atoms with E-state index >= 15 is 0 Å². The molecule has 2 heterocycles. The Balaban J connectivity index is 1.48. The van der Waals surface area contributed by atoms with E-state index in [0.717, 1.165) is 18.5 Å². The molecule has 1 N–H and O–H groups in total. The van der Waals surface area contributed by atoms with Gasteiger partial charge in [-0.3, -0.25) is 5.10 Å². The molecule has 0 amide bonds. The summed E-state index contributed by atoms with van der Waals surface area (Å²) in [5.41, 5.74) is 2.30. The van der Waals surface area contributed by atoms with Crippen LogP contribution in [0.5, 0.6) is 0 Å². The summed E-state index contributed by atoms with van der Waals surface area (Å²) in [4.78, 5) is 0. The highest BCUT2D eigenvalue weighted by atomic mass is 16.7. The highest BCUT2D eigenvalue weighted by Crippen LogP contribution is 2.44. The van der Waals surface area contributed by atoms with Crippen molar-refractivity contribution in [1.82, 2.24) is 10.2 Å². The number of ether oxygens (including phenoxy) is 2. The van der Waals surface area contributed by atoms with Crippen LogP contribution in [0.25, 0.3) is 0 Å². The lowest BCUT2D eigenvalue weighted by Crippen LogP contribution is -2.32. The predicted molar refractivity (Wildman–Crippen MR) is 66.2 cm³/mol. The van der Waals surface area contributed by atoms with E-state index in [2.05, 4.69) is 16.3 Å². The Labute approximate surface area is 107 Å². The Hall–Kier alpha value is -0.870. The zero-order valence-corrected chi connectivity index (χ0v) is 10.7. The van der Waals surface area contributed by atoms with Crippen molar-refractivity contribution in [1.29, 1.82) is 0 Å². The predicted octanol–water partition coefficient (Wildman–Crippen LogP) is 3.04. The van der Waals surface area contributed by atoms with Gasteiger partial charge in [-0.05, 0) is 31.7 Å². The molecule has 98 valence electrons. The third-order valence-corrected chi connectivity index (χ3v) is 4.43. The second kappa shape index (κ2) is 4.07. The number of H-pyrrole nitrogens is 1. The van der Waals surface area contributed by atoms with E-state index in [0.29, 0.717) is 12.5 Å². The lowest BCUT2D eigenvalue weighted by atomic mass is 9.94. The van der Waals surface area contributed by atoms with E-state index < -0.39 is 0 Å². The maximum Gasteiger partial charge on any atom is 0.169 e. The first-order valence-electron chi connectivity index (χ1n) is 7.22. The van der Waals surface area contributed by atoms with Crippen LogP contribution in [0.4, 0.5) is 0 Å². The summed E-state index contributed by atoms with van der Waals surface area (Å²) in [5.74, 6) is 0.411. The van der Waals surface area contributed by atoms with Gasteiger partial charge in [0.15, 0.2) is 5.79 Å². The average molecular weight is 248 g/mol. The molecule has 1 aliphatic heterocycles. The van der Waals surface area contributed by atoms with Crippen LogP contribution in [-0.4, -0.2) is 22.6 Å². The summed E-state index contributed by atoms with van der Waals surface area (Å²) in [7, 11) is 0. The second-order valence-corrected chi connectivity index (χ2v) is 5.91. The fourth-order valence-corrected chi connectivity index (χ4v) is 3.17. The van der Waals surface area contributed by atoms with Gasteiger partial charge in [-0.1, -0.05) is 6.42 Å². The van der Waals surface area contributed by atoms with E-state index in [1.165, 1.54) is 37.8 Å². The molecule has 0 aromatic carbocycles. The Morgan fingerprint density at radius 2 is 2.06 bits per heavy atom. The molecule has 2 saturated carbocycles. The highest BCUT2D eigenvalue weighted by molar-refractivity contribution is 5.19. The number of aromatic amines is 1. The number of rotatable bonds is 2. The third kappa shape index (κ3) is 1.88. The van der Waals surface area contributed by atoms with Gasteiger partial charge in [0.05, 0.1) is 18.0 Å². The van der Waals surface area contributed by atoms with E-state index in [1.807, 2.05) is 0 Å². The van der Waals surface area contributed by atoms with Gasteiger partial charge < -0.3 is 9.47 Å². The molecule has 0 radical (unpaired) electrons. The van der Waals surface area contributed by atoms with Crippen molar-refractivity contribution >= 4 is 0 Å². The summed E-state index contributed by atoms with van der Waals surface area (Å²) in [6, 6.07) is 2.17. The fourth-order valence-electron chi connectivity index (χ4n) is 3.17. The van der Waals surface area contributed by atoms with Crippen LogP contribution in [0.2, 0.25) is 0 Å². The summed E-state index contributed by atoms with van der Waals surface area (Å²) >= 11 is 0. The molecule has 4 heteroatoms. The zero-order chi connectivity index (χ0) is 12.0. The standard InChI is InChI=1S/C14H20N2O2/c1-2-6-14(7-3-1)17-9-13(18-14)12-8-11(15-16-12)10-4-5-10/h8,10,13H,1-7,9H2,(H,15,16). The Morgan fingerprint density at radius 1 is 1.22 bits per heavy atom.